The minimum Gasteiger partial charge on any atom is -0.365 e. The van der Waals surface area contributed by atoms with E-state index < -0.39 is 10.0 Å². The first-order chi connectivity index (χ1) is 15.3. The largest absolute Gasteiger partial charge is 0.365 e. The third-order valence-electron chi connectivity index (χ3n) is 5.32. The van der Waals surface area contributed by atoms with E-state index in [0.29, 0.717) is 47.3 Å². The number of aromatic nitrogens is 5. The van der Waals surface area contributed by atoms with Gasteiger partial charge in [0.2, 0.25) is 16.0 Å². The predicted octanol–water partition coefficient (Wildman–Crippen LogP) is 1.37. The summed E-state index contributed by atoms with van der Waals surface area (Å²) < 4.78 is 25.6. The van der Waals surface area contributed by atoms with E-state index in [4.69, 9.17) is 9.97 Å². The summed E-state index contributed by atoms with van der Waals surface area (Å²) in [6.07, 6.45) is 9.80. The molecule has 0 spiro atoms. The third kappa shape index (κ3) is 4.55. The van der Waals surface area contributed by atoms with E-state index in [1.165, 1.54) is 10.6 Å². The first-order valence-electron chi connectivity index (χ1n) is 10.3. The van der Waals surface area contributed by atoms with Crippen LogP contribution in [-0.4, -0.2) is 90.4 Å². The van der Waals surface area contributed by atoms with Crippen LogP contribution >= 0.6 is 0 Å². The second-order valence-corrected chi connectivity index (χ2v) is 10.00. The van der Waals surface area contributed by atoms with Gasteiger partial charge in [-0.2, -0.15) is 4.98 Å². The van der Waals surface area contributed by atoms with Gasteiger partial charge in [-0.05, 0) is 12.8 Å². The Kier molecular flexibility index (Phi) is 6.07. The Labute approximate surface area is 187 Å². The lowest BCUT2D eigenvalue weighted by Gasteiger charge is -2.32. The fourth-order valence-corrected chi connectivity index (χ4v) is 4.63. The molecule has 2 N–H and O–H groups in total. The molecule has 0 radical (unpaired) electrons. The fourth-order valence-electron chi connectivity index (χ4n) is 3.72. The topological polar surface area (TPSA) is 132 Å². The quantitative estimate of drug-likeness (QED) is 0.530. The van der Waals surface area contributed by atoms with E-state index in [-0.39, 0.29) is 6.04 Å². The highest BCUT2D eigenvalue weighted by Gasteiger charge is 2.27. The highest BCUT2D eigenvalue weighted by Crippen LogP contribution is 2.29. The molecule has 11 nitrogen and oxygen atoms in total. The lowest BCUT2D eigenvalue weighted by Crippen LogP contribution is -2.44. The lowest BCUT2D eigenvalue weighted by atomic mass is 10.1. The van der Waals surface area contributed by atoms with Crippen molar-refractivity contribution in [3.63, 3.8) is 0 Å². The van der Waals surface area contributed by atoms with Crippen LogP contribution in [0.3, 0.4) is 0 Å². The molecule has 170 valence electrons. The van der Waals surface area contributed by atoms with E-state index in [0.717, 1.165) is 18.4 Å². The van der Waals surface area contributed by atoms with Crippen molar-refractivity contribution in [2.45, 2.75) is 18.9 Å². The Hall–Kier alpha value is -3.12. The molecule has 1 aliphatic heterocycles. The molecule has 1 aliphatic rings. The van der Waals surface area contributed by atoms with Gasteiger partial charge in [0.25, 0.3) is 0 Å². The number of hydrogen-bond donors (Lipinski definition) is 2. The molecule has 1 saturated heterocycles. The van der Waals surface area contributed by atoms with Gasteiger partial charge in [-0.25, -0.2) is 27.7 Å². The molecule has 3 aromatic heterocycles. The van der Waals surface area contributed by atoms with Crippen LogP contribution in [0, 0.1) is 0 Å². The third-order valence-corrected chi connectivity index (χ3v) is 6.59. The lowest BCUT2D eigenvalue weighted by molar-refractivity contribution is 0.329. The Morgan fingerprint density at radius 1 is 1.28 bits per heavy atom. The van der Waals surface area contributed by atoms with Crippen LogP contribution in [0.4, 0.5) is 11.8 Å². The van der Waals surface area contributed by atoms with Crippen LogP contribution in [0.25, 0.3) is 22.4 Å². The van der Waals surface area contributed by atoms with Crippen molar-refractivity contribution in [2.24, 2.45) is 4.99 Å². The Morgan fingerprint density at radius 3 is 2.81 bits per heavy atom. The highest BCUT2D eigenvalue weighted by atomic mass is 32.2. The number of piperidine rings is 1. The molecule has 3 aromatic rings. The van der Waals surface area contributed by atoms with Crippen LogP contribution in [-0.2, 0) is 10.0 Å². The van der Waals surface area contributed by atoms with Crippen molar-refractivity contribution in [3.8, 4) is 11.3 Å². The Morgan fingerprint density at radius 2 is 2.09 bits per heavy atom. The molecule has 0 amide bonds. The summed E-state index contributed by atoms with van der Waals surface area (Å²) in [5.74, 6) is 1.14. The van der Waals surface area contributed by atoms with E-state index in [1.54, 1.807) is 25.7 Å². The summed E-state index contributed by atoms with van der Waals surface area (Å²) in [6.45, 7) is 0.924. The van der Waals surface area contributed by atoms with Gasteiger partial charge >= 0.3 is 0 Å². The van der Waals surface area contributed by atoms with Gasteiger partial charge in [-0.3, -0.25) is 4.99 Å². The van der Waals surface area contributed by atoms with E-state index in [1.807, 2.05) is 25.2 Å². The molecule has 0 aromatic carbocycles. The molecule has 1 fully saturated rings. The molecule has 0 saturated carbocycles. The number of rotatable bonds is 6. The minimum atomic E-state index is -3.25. The van der Waals surface area contributed by atoms with Crippen LogP contribution in [0.5, 0.6) is 0 Å². The van der Waals surface area contributed by atoms with Crippen molar-refractivity contribution < 1.29 is 8.42 Å². The first kappa shape index (κ1) is 22.1. The van der Waals surface area contributed by atoms with Gasteiger partial charge in [0.1, 0.15) is 11.3 Å². The predicted molar refractivity (Wildman–Crippen MR) is 126 cm³/mol. The van der Waals surface area contributed by atoms with Crippen LogP contribution in [0.1, 0.15) is 18.4 Å². The minimum absolute atomic E-state index is 0.0751. The average molecular weight is 458 g/mol. The van der Waals surface area contributed by atoms with Crippen LogP contribution < -0.4 is 10.2 Å². The monoisotopic (exact) mass is 457 g/mol. The number of nitrogens with one attached hydrogen (secondary N) is 2. The summed E-state index contributed by atoms with van der Waals surface area (Å²) in [5.41, 5.74) is 3.53. The van der Waals surface area contributed by atoms with Crippen molar-refractivity contribution in [1.29, 1.82) is 0 Å². The molecule has 4 rings (SSSR count). The summed E-state index contributed by atoms with van der Waals surface area (Å²) in [7, 11) is 2.19. The average Bonchev–Trinajstić information content (AvgIpc) is 3.16. The van der Waals surface area contributed by atoms with Gasteiger partial charge in [-0.15, -0.1) is 0 Å². The van der Waals surface area contributed by atoms with Gasteiger partial charge < -0.3 is 15.2 Å². The van der Waals surface area contributed by atoms with Gasteiger partial charge in [0.15, 0.2) is 5.65 Å². The van der Waals surface area contributed by atoms with E-state index >= 15 is 0 Å². The number of fused-ring (bicyclic) bond motifs is 1. The smallest absolute Gasteiger partial charge is 0.226 e. The van der Waals surface area contributed by atoms with E-state index in [2.05, 4.69) is 25.3 Å². The SMILES string of the molecule is CN=Cc1c[nH]c2ncc(-c3cnc(N(C)C)nc3NC3CCCN(S(C)(=O)=O)C3)nc12. The summed E-state index contributed by atoms with van der Waals surface area (Å²) in [5, 5.41) is 3.44. The van der Waals surface area contributed by atoms with Crippen LogP contribution in [0.15, 0.2) is 23.6 Å². The molecular weight excluding hydrogens is 430 g/mol. The zero-order valence-corrected chi connectivity index (χ0v) is 19.4. The molecular formula is C20H27N9O2S. The molecule has 1 atom stereocenters. The van der Waals surface area contributed by atoms with Gasteiger partial charge in [0, 0.05) is 64.4 Å². The zero-order valence-electron chi connectivity index (χ0n) is 18.6. The normalized spacial score (nSPS) is 17.8. The number of nitrogens with zero attached hydrogens (tertiary/aromatic N) is 7. The molecule has 1 unspecified atom stereocenters. The zero-order chi connectivity index (χ0) is 22.9. The summed E-state index contributed by atoms with van der Waals surface area (Å²) in [4.78, 5) is 27.4. The fraction of sp³-hybridized carbons (Fsp3) is 0.450. The van der Waals surface area contributed by atoms with E-state index in [9.17, 15) is 8.42 Å². The van der Waals surface area contributed by atoms with Crippen molar-refractivity contribution in [3.05, 3.63) is 24.2 Å². The summed E-state index contributed by atoms with van der Waals surface area (Å²) in [6, 6.07) is -0.0751. The molecule has 4 heterocycles. The standard InChI is InChI=1S/C20H27N9O2S/c1-21-8-13-9-22-19-17(13)26-16(11-23-19)15-10-24-20(28(2)3)27-18(15)25-14-6-5-7-29(12-14)32(4,30)31/h8-11,14H,5-7,12H2,1-4H3,(H,22,23)(H,24,25,27). The van der Waals surface area contributed by atoms with Gasteiger partial charge in [0.05, 0.1) is 23.7 Å². The Balaban J connectivity index is 1.73. The summed E-state index contributed by atoms with van der Waals surface area (Å²) >= 11 is 0. The molecule has 12 heteroatoms. The second-order valence-electron chi connectivity index (χ2n) is 8.01. The maximum absolute atomic E-state index is 12.0. The number of hydrogen-bond acceptors (Lipinski definition) is 9. The maximum Gasteiger partial charge on any atom is 0.226 e. The molecule has 32 heavy (non-hydrogen) atoms. The van der Waals surface area contributed by atoms with Crippen LogP contribution in [0.2, 0.25) is 0 Å². The van der Waals surface area contributed by atoms with Crippen molar-refractivity contribution >= 4 is 39.2 Å². The number of H-pyrrole nitrogens is 1. The van der Waals surface area contributed by atoms with Crippen molar-refractivity contribution in [2.75, 3.05) is 50.7 Å². The molecule has 0 bridgehead atoms. The molecule has 0 aliphatic carbocycles. The number of aromatic amines is 1. The maximum atomic E-state index is 12.0. The Bertz CT molecular complexity index is 1250. The highest BCUT2D eigenvalue weighted by molar-refractivity contribution is 7.88. The first-order valence-corrected chi connectivity index (χ1v) is 12.1. The van der Waals surface area contributed by atoms with Gasteiger partial charge in [-0.1, -0.05) is 0 Å². The number of aliphatic imine (C=N–C) groups is 1. The number of anilines is 2. The number of sulfonamides is 1. The van der Waals surface area contributed by atoms with Crippen molar-refractivity contribution in [1.82, 2.24) is 29.2 Å². The second kappa shape index (κ2) is 8.79.